The number of hydrogen-bond donors (Lipinski definition) is 0. The molecular weight excluding hydrogens is 360 g/mol. The van der Waals surface area contributed by atoms with Gasteiger partial charge in [-0.1, -0.05) is 68.1 Å². The van der Waals surface area contributed by atoms with E-state index in [1.54, 1.807) is 21.3 Å². The lowest BCUT2D eigenvalue weighted by molar-refractivity contribution is 0.414. The largest absolute Gasteiger partial charge is 0.497 e. The minimum atomic E-state index is 0. The Morgan fingerprint density at radius 1 is 0.517 bits per heavy atom. The van der Waals surface area contributed by atoms with Crippen LogP contribution in [0.2, 0.25) is 0 Å². The molecule has 0 heterocycles. The molecule has 0 aliphatic carbocycles. The summed E-state index contributed by atoms with van der Waals surface area (Å²) in [5.41, 5.74) is 4.32. The van der Waals surface area contributed by atoms with Crippen molar-refractivity contribution in [1.29, 1.82) is 0 Å². The number of ether oxygens (including phenoxy) is 3. The summed E-state index contributed by atoms with van der Waals surface area (Å²) in [6.07, 6.45) is 8.25. The van der Waals surface area contributed by atoms with Crippen LogP contribution in [-0.4, -0.2) is 21.3 Å². The average molecular weight is 389 g/mol. The van der Waals surface area contributed by atoms with E-state index >= 15 is 0 Å². The molecule has 0 spiro atoms. The Kier molecular flexibility index (Phi) is 8.11. The highest BCUT2D eigenvalue weighted by atomic mass is 16.5. The van der Waals surface area contributed by atoms with Crippen LogP contribution >= 0.6 is 0 Å². The number of hydrogen-bond acceptors (Lipinski definition) is 3. The summed E-state index contributed by atoms with van der Waals surface area (Å²) in [7, 11) is 5.03. The summed E-state index contributed by atoms with van der Waals surface area (Å²) >= 11 is 0. The molecule has 0 saturated heterocycles. The van der Waals surface area contributed by atoms with E-state index in [9.17, 15) is 0 Å². The average Bonchev–Trinajstić information content (AvgIpc) is 2.77. The highest BCUT2D eigenvalue weighted by Gasteiger charge is 2.01. The van der Waals surface area contributed by atoms with Crippen molar-refractivity contribution >= 4 is 24.3 Å². The molecule has 3 rings (SSSR count). The Bertz CT molecular complexity index is 952. The third-order valence-corrected chi connectivity index (χ3v) is 4.41. The van der Waals surface area contributed by atoms with Crippen molar-refractivity contribution in [2.24, 2.45) is 0 Å². The SMILES string of the molecule is C.COc1ccc(/C=C/c2ccc(/C=C/c3ccc(OC)cc3)c(OC)c2)cc1. The van der Waals surface area contributed by atoms with E-state index < -0.39 is 0 Å². The van der Waals surface area contributed by atoms with Crippen molar-refractivity contribution in [3.8, 4) is 17.2 Å². The molecule has 3 heteroatoms. The molecule has 0 atom stereocenters. The molecule has 0 fully saturated rings. The Labute approximate surface area is 173 Å². The molecule has 0 aliphatic heterocycles. The molecule has 29 heavy (non-hydrogen) atoms. The van der Waals surface area contributed by atoms with E-state index in [-0.39, 0.29) is 7.43 Å². The van der Waals surface area contributed by atoms with Crippen LogP contribution in [0.4, 0.5) is 0 Å². The van der Waals surface area contributed by atoms with Gasteiger partial charge >= 0.3 is 0 Å². The van der Waals surface area contributed by atoms with Crippen molar-refractivity contribution in [3.63, 3.8) is 0 Å². The fourth-order valence-corrected chi connectivity index (χ4v) is 2.78. The van der Waals surface area contributed by atoms with Crippen molar-refractivity contribution in [3.05, 3.63) is 89.0 Å². The van der Waals surface area contributed by atoms with Crippen LogP contribution in [0.3, 0.4) is 0 Å². The van der Waals surface area contributed by atoms with Crippen LogP contribution in [0.1, 0.15) is 29.7 Å². The summed E-state index contributed by atoms with van der Waals surface area (Å²) < 4.78 is 16.0. The number of methoxy groups -OCH3 is 3. The van der Waals surface area contributed by atoms with Crippen LogP contribution in [0, 0.1) is 0 Å². The number of rotatable bonds is 7. The number of benzene rings is 3. The molecule has 150 valence electrons. The van der Waals surface area contributed by atoms with Crippen LogP contribution in [0.5, 0.6) is 17.2 Å². The highest BCUT2D eigenvalue weighted by Crippen LogP contribution is 2.24. The molecule has 3 aromatic carbocycles. The van der Waals surface area contributed by atoms with Gasteiger partial charge in [0.05, 0.1) is 21.3 Å². The minimum absolute atomic E-state index is 0. The second-order valence-electron chi connectivity index (χ2n) is 6.21. The van der Waals surface area contributed by atoms with Crippen LogP contribution < -0.4 is 14.2 Å². The van der Waals surface area contributed by atoms with Gasteiger partial charge in [-0.25, -0.2) is 0 Å². The summed E-state index contributed by atoms with van der Waals surface area (Å²) in [4.78, 5) is 0. The standard InChI is InChI=1S/C25H24O3.CH4/c1-26-23-14-8-19(9-15-23)4-5-21-7-13-22(25(18-21)28-3)12-6-20-10-16-24(27-2)17-11-20;/h4-18H,1-3H3;1H4/b5-4+,12-6+;. The molecule has 0 N–H and O–H groups in total. The lowest BCUT2D eigenvalue weighted by Crippen LogP contribution is -1.88. The Balaban J connectivity index is 0.00000300. The van der Waals surface area contributed by atoms with E-state index in [0.29, 0.717) is 0 Å². The first-order valence-electron chi connectivity index (χ1n) is 9.04. The third kappa shape index (κ3) is 6.01. The maximum Gasteiger partial charge on any atom is 0.126 e. The molecule has 0 bridgehead atoms. The third-order valence-electron chi connectivity index (χ3n) is 4.41. The van der Waals surface area contributed by atoms with Gasteiger partial charge in [-0.05, 0) is 47.0 Å². The topological polar surface area (TPSA) is 27.7 Å². The normalized spacial score (nSPS) is 10.7. The van der Waals surface area contributed by atoms with Gasteiger partial charge in [0.15, 0.2) is 0 Å². The first-order valence-corrected chi connectivity index (χ1v) is 9.04. The molecule has 3 aromatic rings. The summed E-state index contributed by atoms with van der Waals surface area (Å²) in [5.74, 6) is 2.54. The van der Waals surface area contributed by atoms with Crippen LogP contribution in [0.25, 0.3) is 24.3 Å². The van der Waals surface area contributed by atoms with Crippen molar-refractivity contribution < 1.29 is 14.2 Å². The zero-order valence-corrected chi connectivity index (χ0v) is 16.4. The van der Waals surface area contributed by atoms with Gasteiger partial charge in [0.2, 0.25) is 0 Å². The minimum Gasteiger partial charge on any atom is -0.497 e. The highest BCUT2D eigenvalue weighted by molar-refractivity contribution is 5.76. The predicted octanol–water partition coefficient (Wildman–Crippen LogP) is 6.69. The molecule has 0 amide bonds. The van der Waals surface area contributed by atoms with E-state index in [2.05, 4.69) is 36.4 Å². The van der Waals surface area contributed by atoms with Crippen molar-refractivity contribution in [2.45, 2.75) is 7.43 Å². The maximum absolute atomic E-state index is 5.57. The molecule has 0 radical (unpaired) electrons. The van der Waals surface area contributed by atoms with Gasteiger partial charge in [-0.3, -0.25) is 0 Å². The maximum atomic E-state index is 5.57. The second-order valence-corrected chi connectivity index (χ2v) is 6.21. The van der Waals surface area contributed by atoms with Gasteiger partial charge in [0.1, 0.15) is 17.2 Å². The summed E-state index contributed by atoms with van der Waals surface area (Å²) in [6, 6.07) is 22.1. The first-order chi connectivity index (χ1) is 13.7. The fraction of sp³-hybridized carbons (Fsp3) is 0.154. The lowest BCUT2D eigenvalue weighted by Gasteiger charge is -2.06. The monoisotopic (exact) mass is 388 g/mol. The fourth-order valence-electron chi connectivity index (χ4n) is 2.78. The second kappa shape index (κ2) is 10.8. The molecule has 0 aliphatic rings. The first kappa shape index (κ1) is 21.8. The lowest BCUT2D eigenvalue weighted by atomic mass is 10.1. The Hall–Kier alpha value is -3.46. The van der Waals surface area contributed by atoms with Gasteiger partial charge in [0.25, 0.3) is 0 Å². The van der Waals surface area contributed by atoms with E-state index in [0.717, 1.165) is 39.5 Å². The smallest absolute Gasteiger partial charge is 0.126 e. The zero-order chi connectivity index (χ0) is 19.8. The zero-order valence-electron chi connectivity index (χ0n) is 16.4. The molecule has 0 saturated carbocycles. The van der Waals surface area contributed by atoms with Gasteiger partial charge in [0, 0.05) is 5.56 Å². The van der Waals surface area contributed by atoms with Gasteiger partial charge in [-0.15, -0.1) is 0 Å². The van der Waals surface area contributed by atoms with Gasteiger partial charge in [-0.2, -0.15) is 0 Å². The molecule has 0 unspecified atom stereocenters. The molecular formula is C26H28O3. The van der Waals surface area contributed by atoms with Crippen LogP contribution in [-0.2, 0) is 0 Å². The Morgan fingerprint density at radius 3 is 1.45 bits per heavy atom. The van der Waals surface area contributed by atoms with Crippen LogP contribution in [0.15, 0.2) is 66.7 Å². The predicted molar refractivity (Wildman–Crippen MR) is 124 cm³/mol. The Morgan fingerprint density at radius 2 is 0.966 bits per heavy atom. The van der Waals surface area contributed by atoms with Gasteiger partial charge < -0.3 is 14.2 Å². The van der Waals surface area contributed by atoms with E-state index in [1.165, 1.54) is 0 Å². The summed E-state index contributed by atoms with van der Waals surface area (Å²) in [6.45, 7) is 0. The molecule has 3 nitrogen and oxygen atoms in total. The molecule has 0 aromatic heterocycles. The van der Waals surface area contributed by atoms with Crippen molar-refractivity contribution in [2.75, 3.05) is 21.3 Å². The quantitative estimate of drug-likeness (QED) is 0.422. The van der Waals surface area contributed by atoms with E-state index in [4.69, 9.17) is 14.2 Å². The van der Waals surface area contributed by atoms with E-state index in [1.807, 2.05) is 54.6 Å². The summed E-state index contributed by atoms with van der Waals surface area (Å²) in [5, 5.41) is 0. The van der Waals surface area contributed by atoms with Crippen molar-refractivity contribution in [1.82, 2.24) is 0 Å².